The first-order valence-corrected chi connectivity index (χ1v) is 9.61. The molecule has 0 atom stereocenters. The van der Waals surface area contributed by atoms with Gasteiger partial charge in [0.2, 0.25) is 5.91 Å². The first-order chi connectivity index (χ1) is 12.5. The monoisotopic (exact) mass is 422 g/mol. The molecule has 7 nitrogen and oxygen atoms in total. The minimum absolute atomic E-state index is 0.0487. The molecule has 1 aliphatic heterocycles. The zero-order chi connectivity index (χ0) is 18.7. The molecule has 1 aliphatic rings. The maximum atomic E-state index is 11.9. The fourth-order valence-corrected chi connectivity index (χ4v) is 3.93. The van der Waals surface area contributed by atoms with E-state index in [1.54, 1.807) is 18.7 Å². The summed E-state index contributed by atoms with van der Waals surface area (Å²) in [5, 5.41) is 8.41. The van der Waals surface area contributed by atoms with Crippen molar-refractivity contribution in [2.24, 2.45) is 5.92 Å². The Balaban J connectivity index is 1.89. The molecule has 26 heavy (non-hydrogen) atoms. The van der Waals surface area contributed by atoms with Crippen molar-refractivity contribution in [3.05, 3.63) is 22.7 Å². The summed E-state index contributed by atoms with van der Waals surface area (Å²) in [6.07, 6.45) is 1.58. The summed E-state index contributed by atoms with van der Waals surface area (Å²) in [5.41, 5.74) is 0.885. The van der Waals surface area contributed by atoms with E-state index < -0.39 is 0 Å². The molecule has 0 unspecified atom stereocenters. The Bertz CT molecular complexity index is 812. The smallest absolute Gasteiger partial charge is 0.327 e. The number of piperidine rings is 1. The molecule has 1 aromatic carbocycles. The van der Waals surface area contributed by atoms with E-state index >= 15 is 0 Å². The molecule has 0 spiro atoms. The molecule has 140 valence electrons. The predicted molar refractivity (Wildman–Crippen MR) is 103 cm³/mol. The number of anilines is 1. The van der Waals surface area contributed by atoms with E-state index in [1.165, 1.54) is 0 Å². The minimum Gasteiger partial charge on any atom is -0.465 e. The Morgan fingerprint density at radius 2 is 2.08 bits per heavy atom. The second-order valence-electron chi connectivity index (χ2n) is 6.30. The highest BCUT2D eigenvalue weighted by molar-refractivity contribution is 9.10. The number of halogens is 1. The standard InChI is InChI=1S/C18H23BrN4O3/c1-3-26-15(24)11-23-14-6-4-5-13(19)16(14)17(21-23)22-9-7-12(8-10-22)18(25)20-2/h4-6,12H,3,7-11H2,1-2H3,(H,20,25). The lowest BCUT2D eigenvalue weighted by molar-refractivity contribution is -0.143. The molecule has 3 rings (SSSR count). The maximum absolute atomic E-state index is 11.9. The van der Waals surface area contributed by atoms with Crippen molar-refractivity contribution in [2.75, 3.05) is 31.6 Å². The van der Waals surface area contributed by atoms with Crippen LogP contribution in [0.25, 0.3) is 10.9 Å². The number of rotatable bonds is 5. The van der Waals surface area contributed by atoms with Gasteiger partial charge in [0.15, 0.2) is 5.82 Å². The fraction of sp³-hybridized carbons (Fsp3) is 0.500. The number of esters is 1. The van der Waals surface area contributed by atoms with Crippen LogP contribution in [-0.2, 0) is 20.9 Å². The third-order valence-electron chi connectivity index (χ3n) is 4.70. The van der Waals surface area contributed by atoms with E-state index in [1.807, 2.05) is 18.2 Å². The molecule has 0 aliphatic carbocycles. The van der Waals surface area contributed by atoms with Crippen LogP contribution in [0.5, 0.6) is 0 Å². The van der Waals surface area contributed by atoms with Gasteiger partial charge in [-0.3, -0.25) is 14.3 Å². The molecule has 1 aromatic heterocycles. The second-order valence-corrected chi connectivity index (χ2v) is 7.15. The summed E-state index contributed by atoms with van der Waals surface area (Å²) >= 11 is 3.61. The molecular weight excluding hydrogens is 400 g/mol. The van der Waals surface area contributed by atoms with Crippen molar-refractivity contribution >= 4 is 44.5 Å². The van der Waals surface area contributed by atoms with E-state index in [9.17, 15) is 9.59 Å². The van der Waals surface area contributed by atoms with Gasteiger partial charge >= 0.3 is 5.97 Å². The van der Waals surface area contributed by atoms with Crippen LogP contribution < -0.4 is 10.2 Å². The lowest BCUT2D eigenvalue weighted by Gasteiger charge is -2.31. The summed E-state index contributed by atoms with van der Waals surface area (Å²) in [4.78, 5) is 26.0. The lowest BCUT2D eigenvalue weighted by Crippen LogP contribution is -2.39. The molecule has 1 saturated heterocycles. The van der Waals surface area contributed by atoms with E-state index in [-0.39, 0.29) is 24.3 Å². The molecule has 1 N–H and O–H groups in total. The summed E-state index contributed by atoms with van der Waals surface area (Å²) < 4.78 is 7.69. The van der Waals surface area contributed by atoms with Crippen LogP contribution in [0.4, 0.5) is 5.82 Å². The number of nitrogens with zero attached hydrogens (tertiary/aromatic N) is 3. The first kappa shape index (κ1) is 18.7. The molecular formula is C18H23BrN4O3. The first-order valence-electron chi connectivity index (χ1n) is 8.82. The van der Waals surface area contributed by atoms with E-state index in [2.05, 4.69) is 26.1 Å². The van der Waals surface area contributed by atoms with Crippen molar-refractivity contribution in [2.45, 2.75) is 26.3 Å². The molecule has 2 heterocycles. The third-order valence-corrected chi connectivity index (χ3v) is 5.37. The van der Waals surface area contributed by atoms with E-state index in [0.29, 0.717) is 6.61 Å². The lowest BCUT2D eigenvalue weighted by atomic mass is 9.96. The van der Waals surface area contributed by atoms with Crippen LogP contribution in [0.1, 0.15) is 19.8 Å². The number of benzene rings is 1. The SMILES string of the molecule is CCOC(=O)Cn1nc(N2CCC(C(=O)NC)CC2)c2c(Br)cccc21. The number of carbonyl (C=O) groups is 2. The van der Waals surface area contributed by atoms with Crippen LogP contribution in [0.2, 0.25) is 0 Å². The highest BCUT2D eigenvalue weighted by Crippen LogP contribution is 2.34. The predicted octanol–water partition coefficient (Wildman–Crippen LogP) is 2.32. The summed E-state index contributed by atoms with van der Waals surface area (Å²) in [6.45, 7) is 3.73. The molecule has 1 fully saturated rings. The zero-order valence-electron chi connectivity index (χ0n) is 15.0. The molecule has 1 amide bonds. The number of hydrogen-bond donors (Lipinski definition) is 1. The summed E-state index contributed by atoms with van der Waals surface area (Å²) in [7, 11) is 1.68. The van der Waals surface area contributed by atoms with Crippen molar-refractivity contribution in [1.82, 2.24) is 15.1 Å². The highest BCUT2D eigenvalue weighted by Gasteiger charge is 2.27. The summed E-state index contributed by atoms with van der Waals surface area (Å²) in [5.74, 6) is 0.685. The largest absolute Gasteiger partial charge is 0.465 e. The molecule has 8 heteroatoms. The topological polar surface area (TPSA) is 76.5 Å². The number of fused-ring (bicyclic) bond motifs is 1. The van der Waals surface area contributed by atoms with Crippen LogP contribution in [0, 0.1) is 5.92 Å². The number of aromatic nitrogens is 2. The summed E-state index contributed by atoms with van der Waals surface area (Å²) in [6, 6.07) is 5.85. The molecule has 0 radical (unpaired) electrons. The average molecular weight is 423 g/mol. The molecule has 0 saturated carbocycles. The van der Waals surface area contributed by atoms with Crippen LogP contribution in [0.3, 0.4) is 0 Å². The van der Waals surface area contributed by atoms with Crippen molar-refractivity contribution in [1.29, 1.82) is 0 Å². The second kappa shape index (κ2) is 8.07. The number of nitrogens with one attached hydrogen (secondary N) is 1. The van der Waals surface area contributed by atoms with E-state index in [4.69, 9.17) is 9.84 Å². The zero-order valence-corrected chi connectivity index (χ0v) is 16.6. The van der Waals surface area contributed by atoms with Crippen molar-refractivity contribution in [3.63, 3.8) is 0 Å². The normalized spacial score (nSPS) is 15.3. The van der Waals surface area contributed by atoms with Gasteiger partial charge in [0.25, 0.3) is 0 Å². The number of amides is 1. The Kier molecular flexibility index (Phi) is 5.80. The quantitative estimate of drug-likeness (QED) is 0.748. The third kappa shape index (κ3) is 3.70. The number of ether oxygens (including phenoxy) is 1. The minimum atomic E-state index is -0.304. The van der Waals surface area contributed by atoms with Crippen molar-refractivity contribution < 1.29 is 14.3 Å². The van der Waals surface area contributed by atoms with Gasteiger partial charge in [0.05, 0.1) is 17.5 Å². The van der Waals surface area contributed by atoms with Crippen LogP contribution >= 0.6 is 15.9 Å². The Morgan fingerprint density at radius 1 is 1.35 bits per heavy atom. The Labute approximate surface area is 160 Å². The van der Waals surface area contributed by atoms with E-state index in [0.717, 1.165) is 47.1 Å². The number of hydrogen-bond acceptors (Lipinski definition) is 5. The maximum Gasteiger partial charge on any atom is 0.327 e. The van der Waals surface area contributed by atoms with Gasteiger partial charge in [-0.15, -0.1) is 0 Å². The number of carbonyl (C=O) groups excluding carboxylic acids is 2. The van der Waals surface area contributed by atoms with Gasteiger partial charge in [-0.25, -0.2) is 0 Å². The molecule has 2 aromatic rings. The van der Waals surface area contributed by atoms with Gasteiger partial charge < -0.3 is 15.0 Å². The fourth-order valence-electron chi connectivity index (χ4n) is 3.40. The van der Waals surface area contributed by atoms with Gasteiger partial charge in [-0.05, 0) is 47.8 Å². The molecule has 0 bridgehead atoms. The van der Waals surface area contributed by atoms with Crippen LogP contribution in [-0.4, -0.2) is 48.4 Å². The van der Waals surface area contributed by atoms with Gasteiger partial charge in [-0.1, -0.05) is 6.07 Å². The Morgan fingerprint density at radius 3 is 2.73 bits per heavy atom. The van der Waals surface area contributed by atoms with Crippen LogP contribution in [0.15, 0.2) is 22.7 Å². The van der Waals surface area contributed by atoms with Crippen molar-refractivity contribution in [3.8, 4) is 0 Å². The average Bonchev–Trinajstić information content (AvgIpc) is 3.01. The Hall–Kier alpha value is -2.09. The van der Waals surface area contributed by atoms with Gasteiger partial charge in [0.1, 0.15) is 6.54 Å². The van der Waals surface area contributed by atoms with Gasteiger partial charge in [0, 0.05) is 30.5 Å². The van der Waals surface area contributed by atoms with Gasteiger partial charge in [-0.2, -0.15) is 5.10 Å². The highest BCUT2D eigenvalue weighted by atomic mass is 79.9.